The van der Waals surface area contributed by atoms with Gasteiger partial charge in [-0.3, -0.25) is 0 Å². The maximum Gasteiger partial charge on any atom is 0.127 e. The number of benzene rings is 1. The lowest BCUT2D eigenvalue weighted by Gasteiger charge is -2.14. The number of ether oxygens (including phenoxy) is 2. The van der Waals surface area contributed by atoms with Gasteiger partial charge < -0.3 is 15.2 Å². The van der Waals surface area contributed by atoms with Gasteiger partial charge in [0.05, 0.1) is 13.7 Å². The monoisotopic (exact) mass is 209 g/mol. The zero-order valence-electron chi connectivity index (χ0n) is 9.62. The molecule has 84 valence electrons. The minimum atomic E-state index is 0.136. The van der Waals surface area contributed by atoms with Gasteiger partial charge in [-0.15, -0.1) is 0 Å². The molecule has 1 aromatic carbocycles. The van der Waals surface area contributed by atoms with Gasteiger partial charge in [-0.05, 0) is 18.9 Å². The second-order valence-corrected chi connectivity index (χ2v) is 3.72. The SMILES string of the molecule is COCc1cccc(CC(C)N)c1OC. The molecule has 0 saturated carbocycles. The van der Waals surface area contributed by atoms with Crippen LogP contribution in [0.2, 0.25) is 0 Å². The first-order valence-electron chi connectivity index (χ1n) is 5.08. The quantitative estimate of drug-likeness (QED) is 0.803. The number of nitrogens with two attached hydrogens (primary N) is 1. The third-order valence-electron chi connectivity index (χ3n) is 2.22. The highest BCUT2D eigenvalue weighted by Gasteiger charge is 2.09. The van der Waals surface area contributed by atoms with Crippen LogP contribution in [0.5, 0.6) is 5.75 Å². The van der Waals surface area contributed by atoms with Crippen LogP contribution in [-0.4, -0.2) is 20.3 Å². The third kappa shape index (κ3) is 3.22. The van der Waals surface area contributed by atoms with E-state index in [1.165, 1.54) is 0 Å². The van der Waals surface area contributed by atoms with Gasteiger partial charge in [-0.2, -0.15) is 0 Å². The Labute approximate surface area is 91.2 Å². The molecule has 0 bridgehead atoms. The van der Waals surface area contributed by atoms with E-state index in [4.69, 9.17) is 15.2 Å². The molecule has 0 aliphatic heterocycles. The zero-order valence-corrected chi connectivity index (χ0v) is 9.62. The van der Waals surface area contributed by atoms with Crippen LogP contribution in [0.1, 0.15) is 18.1 Å². The maximum atomic E-state index is 5.79. The van der Waals surface area contributed by atoms with E-state index in [9.17, 15) is 0 Å². The van der Waals surface area contributed by atoms with Gasteiger partial charge in [0.2, 0.25) is 0 Å². The highest BCUT2D eigenvalue weighted by atomic mass is 16.5. The molecule has 1 rings (SSSR count). The Morgan fingerprint density at radius 1 is 1.27 bits per heavy atom. The summed E-state index contributed by atoms with van der Waals surface area (Å²) in [5, 5.41) is 0. The fourth-order valence-electron chi connectivity index (χ4n) is 1.68. The molecular weight excluding hydrogens is 190 g/mol. The van der Waals surface area contributed by atoms with Crippen molar-refractivity contribution in [1.29, 1.82) is 0 Å². The molecule has 3 nitrogen and oxygen atoms in total. The second kappa shape index (κ2) is 5.73. The van der Waals surface area contributed by atoms with E-state index in [1.807, 2.05) is 25.1 Å². The average Bonchev–Trinajstić information content (AvgIpc) is 2.18. The van der Waals surface area contributed by atoms with E-state index in [1.54, 1.807) is 14.2 Å². The first kappa shape index (κ1) is 12.0. The van der Waals surface area contributed by atoms with Crippen molar-refractivity contribution >= 4 is 0 Å². The van der Waals surface area contributed by atoms with Gasteiger partial charge in [0.1, 0.15) is 5.75 Å². The van der Waals surface area contributed by atoms with Crippen LogP contribution < -0.4 is 10.5 Å². The molecule has 3 heteroatoms. The molecule has 1 unspecified atom stereocenters. The van der Waals surface area contributed by atoms with Crippen LogP contribution in [0.15, 0.2) is 18.2 Å². The van der Waals surface area contributed by atoms with Crippen molar-refractivity contribution in [2.24, 2.45) is 5.73 Å². The van der Waals surface area contributed by atoms with Gasteiger partial charge in [-0.25, -0.2) is 0 Å². The van der Waals surface area contributed by atoms with Gasteiger partial charge in [0.25, 0.3) is 0 Å². The molecule has 0 spiro atoms. The molecule has 0 amide bonds. The molecule has 2 N–H and O–H groups in total. The topological polar surface area (TPSA) is 44.5 Å². The lowest BCUT2D eigenvalue weighted by molar-refractivity contribution is 0.181. The number of hydrogen-bond donors (Lipinski definition) is 1. The van der Waals surface area contributed by atoms with Gasteiger partial charge in [-0.1, -0.05) is 18.2 Å². The van der Waals surface area contributed by atoms with Gasteiger partial charge in [0, 0.05) is 18.7 Å². The molecule has 0 aromatic heterocycles. The zero-order chi connectivity index (χ0) is 11.3. The van der Waals surface area contributed by atoms with Crippen molar-refractivity contribution in [3.8, 4) is 5.75 Å². The Bertz CT molecular complexity index is 310. The largest absolute Gasteiger partial charge is 0.496 e. The summed E-state index contributed by atoms with van der Waals surface area (Å²) in [6, 6.07) is 6.19. The Balaban J connectivity index is 2.98. The number of rotatable bonds is 5. The molecule has 0 heterocycles. The molecule has 0 fully saturated rings. The first-order valence-corrected chi connectivity index (χ1v) is 5.08. The summed E-state index contributed by atoms with van der Waals surface area (Å²) in [4.78, 5) is 0. The van der Waals surface area contributed by atoms with Crippen LogP contribution in [0.4, 0.5) is 0 Å². The lowest BCUT2D eigenvalue weighted by atomic mass is 10.0. The number of para-hydroxylation sites is 1. The molecule has 0 saturated heterocycles. The molecule has 0 radical (unpaired) electrons. The second-order valence-electron chi connectivity index (χ2n) is 3.72. The predicted octanol–water partition coefficient (Wildman–Crippen LogP) is 1.73. The average molecular weight is 209 g/mol. The Morgan fingerprint density at radius 3 is 2.47 bits per heavy atom. The fourth-order valence-corrected chi connectivity index (χ4v) is 1.68. The van der Waals surface area contributed by atoms with Crippen LogP contribution in [0.25, 0.3) is 0 Å². The van der Waals surface area contributed by atoms with E-state index in [0.717, 1.165) is 23.3 Å². The van der Waals surface area contributed by atoms with Gasteiger partial charge in [0.15, 0.2) is 0 Å². The predicted molar refractivity (Wildman–Crippen MR) is 61.1 cm³/mol. The summed E-state index contributed by atoms with van der Waals surface area (Å²) in [6.07, 6.45) is 0.820. The van der Waals surface area contributed by atoms with E-state index in [0.29, 0.717) is 6.61 Å². The normalized spacial score (nSPS) is 12.5. The number of methoxy groups -OCH3 is 2. The summed E-state index contributed by atoms with van der Waals surface area (Å²) in [6.45, 7) is 2.55. The standard InChI is InChI=1S/C12H19NO2/c1-9(13)7-10-5-4-6-11(8-14-2)12(10)15-3/h4-6,9H,7-8,13H2,1-3H3. The van der Waals surface area contributed by atoms with Crippen LogP contribution >= 0.6 is 0 Å². The molecule has 1 aromatic rings. The minimum absolute atomic E-state index is 0.136. The molecule has 15 heavy (non-hydrogen) atoms. The van der Waals surface area contributed by atoms with Crippen LogP contribution in [0, 0.1) is 0 Å². The highest BCUT2D eigenvalue weighted by molar-refractivity contribution is 5.41. The van der Waals surface area contributed by atoms with E-state index >= 15 is 0 Å². The summed E-state index contributed by atoms with van der Waals surface area (Å²) < 4.78 is 10.5. The van der Waals surface area contributed by atoms with Gasteiger partial charge >= 0.3 is 0 Å². The van der Waals surface area contributed by atoms with E-state index in [-0.39, 0.29) is 6.04 Å². The summed E-state index contributed by atoms with van der Waals surface area (Å²) in [7, 11) is 3.36. The molecule has 0 aliphatic rings. The Kier molecular flexibility index (Phi) is 4.59. The smallest absolute Gasteiger partial charge is 0.127 e. The van der Waals surface area contributed by atoms with Crippen molar-refractivity contribution in [2.75, 3.05) is 14.2 Å². The van der Waals surface area contributed by atoms with Crippen LogP contribution in [0.3, 0.4) is 0 Å². The van der Waals surface area contributed by atoms with Crippen molar-refractivity contribution in [3.05, 3.63) is 29.3 Å². The highest BCUT2D eigenvalue weighted by Crippen LogP contribution is 2.25. The summed E-state index contributed by atoms with van der Waals surface area (Å²) in [5.74, 6) is 0.900. The third-order valence-corrected chi connectivity index (χ3v) is 2.22. The van der Waals surface area contributed by atoms with Crippen molar-refractivity contribution in [1.82, 2.24) is 0 Å². The van der Waals surface area contributed by atoms with Crippen molar-refractivity contribution in [2.45, 2.75) is 26.0 Å². The van der Waals surface area contributed by atoms with Crippen molar-refractivity contribution < 1.29 is 9.47 Å². The summed E-state index contributed by atoms with van der Waals surface area (Å²) >= 11 is 0. The molecule has 0 aliphatic carbocycles. The molecular formula is C12H19NO2. The lowest BCUT2D eigenvalue weighted by Crippen LogP contribution is -2.18. The minimum Gasteiger partial charge on any atom is -0.496 e. The first-order chi connectivity index (χ1) is 7.19. The summed E-state index contributed by atoms with van der Waals surface area (Å²) in [5.41, 5.74) is 7.99. The Hall–Kier alpha value is -1.06. The Morgan fingerprint density at radius 2 is 1.93 bits per heavy atom. The van der Waals surface area contributed by atoms with E-state index < -0.39 is 0 Å². The molecule has 1 atom stereocenters. The van der Waals surface area contributed by atoms with Crippen molar-refractivity contribution in [3.63, 3.8) is 0 Å². The maximum absolute atomic E-state index is 5.79. The number of hydrogen-bond acceptors (Lipinski definition) is 3. The van der Waals surface area contributed by atoms with E-state index in [2.05, 4.69) is 0 Å². The van der Waals surface area contributed by atoms with Crippen LogP contribution in [-0.2, 0) is 17.8 Å². The fraction of sp³-hybridized carbons (Fsp3) is 0.500.